The van der Waals surface area contributed by atoms with Crippen molar-refractivity contribution >= 4 is 15.9 Å². The van der Waals surface area contributed by atoms with Gasteiger partial charge in [0.15, 0.2) is 0 Å². The molecule has 0 N–H and O–H groups in total. The van der Waals surface area contributed by atoms with Crippen molar-refractivity contribution in [2.75, 3.05) is 0 Å². The molecule has 22 heavy (non-hydrogen) atoms. The zero-order valence-corrected chi connectivity index (χ0v) is 13.0. The van der Waals surface area contributed by atoms with Crippen molar-refractivity contribution < 1.29 is 8.42 Å². The van der Waals surface area contributed by atoms with Crippen molar-refractivity contribution in [3.63, 3.8) is 0 Å². The van der Waals surface area contributed by atoms with Crippen molar-refractivity contribution in [2.45, 2.75) is 13.5 Å². The molecule has 0 saturated heterocycles. The molecule has 0 bridgehead atoms. The van der Waals surface area contributed by atoms with E-state index in [2.05, 4.69) is 4.40 Å². The van der Waals surface area contributed by atoms with Gasteiger partial charge in [-0.3, -0.25) is 4.31 Å². The normalized spacial score (nSPS) is 16.9. The van der Waals surface area contributed by atoms with Crippen LogP contribution in [-0.2, 0) is 16.8 Å². The average molecular weight is 312 g/mol. The topological polar surface area (TPSA) is 49.7 Å². The molecule has 0 fully saturated rings. The van der Waals surface area contributed by atoms with Crippen LogP contribution >= 0.6 is 0 Å². The van der Waals surface area contributed by atoms with E-state index < -0.39 is 10.2 Å². The van der Waals surface area contributed by atoms with Crippen molar-refractivity contribution in [1.82, 2.24) is 4.31 Å². The summed E-state index contributed by atoms with van der Waals surface area (Å²) in [5.41, 5.74) is 2.86. The Balaban J connectivity index is 1.94. The van der Waals surface area contributed by atoms with Crippen LogP contribution in [0, 0.1) is 0 Å². The highest BCUT2D eigenvalue weighted by molar-refractivity contribution is 7.88. The monoisotopic (exact) mass is 312 g/mol. The summed E-state index contributed by atoms with van der Waals surface area (Å²) in [4.78, 5) is 0. The van der Waals surface area contributed by atoms with Crippen LogP contribution in [0.5, 0.6) is 0 Å². The first-order valence-electron chi connectivity index (χ1n) is 6.96. The summed E-state index contributed by atoms with van der Waals surface area (Å²) in [7, 11) is -3.72. The molecule has 5 heteroatoms. The second kappa shape index (κ2) is 5.77. The van der Waals surface area contributed by atoms with E-state index in [1.165, 1.54) is 4.31 Å². The van der Waals surface area contributed by atoms with Gasteiger partial charge >= 0.3 is 10.2 Å². The summed E-state index contributed by atoms with van der Waals surface area (Å²) in [5, 5.41) is 0. The molecule has 0 amide bonds. The molecule has 112 valence electrons. The Kier molecular flexibility index (Phi) is 3.81. The lowest BCUT2D eigenvalue weighted by molar-refractivity contribution is 0.472. The summed E-state index contributed by atoms with van der Waals surface area (Å²) in [5.74, 6) is 0. The second-order valence-electron chi connectivity index (χ2n) is 5.10. The first kappa shape index (κ1) is 14.5. The average Bonchev–Trinajstić information content (AvgIpc) is 2.52. The first-order chi connectivity index (χ1) is 10.6. The lowest BCUT2D eigenvalue weighted by Crippen LogP contribution is -2.31. The highest BCUT2D eigenvalue weighted by atomic mass is 32.2. The van der Waals surface area contributed by atoms with Crippen LogP contribution in [0.25, 0.3) is 0 Å². The van der Waals surface area contributed by atoms with Crippen molar-refractivity contribution in [1.29, 1.82) is 0 Å². The van der Waals surface area contributed by atoms with Gasteiger partial charge in [-0.1, -0.05) is 60.7 Å². The molecule has 1 aliphatic rings. The number of rotatable bonds is 3. The maximum absolute atomic E-state index is 12.5. The predicted octanol–water partition coefficient (Wildman–Crippen LogP) is 3.14. The zero-order chi connectivity index (χ0) is 15.6. The molecule has 3 rings (SSSR count). The van der Waals surface area contributed by atoms with E-state index in [1.807, 2.05) is 60.7 Å². The fourth-order valence-corrected chi connectivity index (χ4v) is 3.59. The highest BCUT2D eigenvalue weighted by Crippen LogP contribution is 2.23. The van der Waals surface area contributed by atoms with E-state index in [4.69, 9.17) is 0 Å². The molecule has 0 spiro atoms. The second-order valence-corrected chi connectivity index (χ2v) is 6.62. The predicted molar refractivity (Wildman–Crippen MR) is 87.6 cm³/mol. The van der Waals surface area contributed by atoms with Crippen LogP contribution in [0.2, 0.25) is 0 Å². The molecule has 0 aromatic heterocycles. The lowest BCUT2D eigenvalue weighted by Gasteiger charge is -2.26. The molecule has 0 saturated carbocycles. The van der Waals surface area contributed by atoms with E-state index >= 15 is 0 Å². The SMILES string of the molecule is CC1=CC(c2ccccc2)=NS(=O)(=O)N1Cc1ccccc1. The fourth-order valence-electron chi connectivity index (χ4n) is 2.35. The minimum Gasteiger partial charge on any atom is -0.252 e. The Bertz CT molecular complexity index is 825. The molecule has 1 aliphatic heterocycles. The van der Waals surface area contributed by atoms with Gasteiger partial charge in [-0.15, -0.1) is 4.40 Å². The van der Waals surface area contributed by atoms with Crippen LogP contribution in [0.15, 0.2) is 76.8 Å². The molecule has 0 unspecified atom stereocenters. The maximum Gasteiger partial charge on any atom is 0.345 e. The van der Waals surface area contributed by atoms with Gasteiger partial charge in [0, 0.05) is 11.3 Å². The van der Waals surface area contributed by atoms with Crippen LogP contribution < -0.4 is 0 Å². The van der Waals surface area contributed by atoms with E-state index in [9.17, 15) is 8.42 Å². The van der Waals surface area contributed by atoms with Gasteiger partial charge < -0.3 is 0 Å². The largest absolute Gasteiger partial charge is 0.345 e. The molecule has 0 aliphatic carbocycles. The van der Waals surface area contributed by atoms with Crippen molar-refractivity contribution in [2.24, 2.45) is 4.40 Å². The standard InChI is InChI=1S/C17H16N2O2S/c1-14-12-17(16-10-6-3-7-11-16)18-22(20,21)19(14)13-15-8-4-2-5-9-15/h2-12H,13H2,1H3. The Morgan fingerprint density at radius 3 is 2.14 bits per heavy atom. The van der Waals surface area contributed by atoms with Gasteiger partial charge in [0.2, 0.25) is 0 Å². The van der Waals surface area contributed by atoms with Gasteiger partial charge in [0.1, 0.15) is 0 Å². The molecule has 0 atom stereocenters. The minimum atomic E-state index is -3.72. The third-order valence-electron chi connectivity index (χ3n) is 3.47. The van der Waals surface area contributed by atoms with Gasteiger partial charge in [0.05, 0.1) is 12.3 Å². The summed E-state index contributed by atoms with van der Waals surface area (Å²) >= 11 is 0. The summed E-state index contributed by atoms with van der Waals surface area (Å²) in [6.45, 7) is 2.08. The summed E-state index contributed by atoms with van der Waals surface area (Å²) < 4.78 is 30.2. The van der Waals surface area contributed by atoms with Gasteiger partial charge in [-0.2, -0.15) is 8.42 Å². The summed E-state index contributed by atoms with van der Waals surface area (Å²) in [6.07, 6.45) is 1.80. The van der Waals surface area contributed by atoms with Gasteiger partial charge in [-0.05, 0) is 18.6 Å². The molecular formula is C17H16N2O2S. The van der Waals surface area contributed by atoms with Crippen LogP contribution in [0.4, 0.5) is 0 Å². The van der Waals surface area contributed by atoms with Gasteiger partial charge in [0.25, 0.3) is 0 Å². The highest BCUT2D eigenvalue weighted by Gasteiger charge is 2.26. The van der Waals surface area contributed by atoms with E-state index in [0.717, 1.165) is 11.1 Å². The lowest BCUT2D eigenvalue weighted by atomic mass is 10.1. The van der Waals surface area contributed by atoms with Crippen LogP contribution in [0.3, 0.4) is 0 Å². The number of allylic oxidation sites excluding steroid dienone is 2. The molecule has 2 aromatic carbocycles. The third kappa shape index (κ3) is 2.94. The quantitative estimate of drug-likeness (QED) is 0.874. The van der Waals surface area contributed by atoms with Crippen LogP contribution in [-0.4, -0.2) is 18.4 Å². The first-order valence-corrected chi connectivity index (χ1v) is 8.36. The molecule has 4 nitrogen and oxygen atoms in total. The number of hydrogen-bond donors (Lipinski definition) is 0. The number of hydrogen-bond acceptors (Lipinski definition) is 2. The number of nitrogens with zero attached hydrogens (tertiary/aromatic N) is 2. The molecule has 1 heterocycles. The fraction of sp³-hybridized carbons (Fsp3) is 0.118. The third-order valence-corrected chi connectivity index (χ3v) is 4.87. The van der Waals surface area contributed by atoms with Crippen molar-refractivity contribution in [3.8, 4) is 0 Å². The van der Waals surface area contributed by atoms with E-state index in [0.29, 0.717) is 11.4 Å². The smallest absolute Gasteiger partial charge is 0.252 e. The van der Waals surface area contributed by atoms with Crippen LogP contribution in [0.1, 0.15) is 18.1 Å². The minimum absolute atomic E-state index is 0.289. The van der Waals surface area contributed by atoms with Gasteiger partial charge in [-0.25, -0.2) is 0 Å². The van der Waals surface area contributed by atoms with E-state index in [1.54, 1.807) is 13.0 Å². The maximum atomic E-state index is 12.5. The summed E-state index contributed by atoms with van der Waals surface area (Å²) in [6, 6.07) is 18.8. The van der Waals surface area contributed by atoms with Crippen molar-refractivity contribution in [3.05, 3.63) is 83.6 Å². The Hall–Kier alpha value is -2.40. The zero-order valence-electron chi connectivity index (χ0n) is 12.2. The molecule has 0 radical (unpaired) electrons. The van der Waals surface area contributed by atoms with E-state index in [-0.39, 0.29) is 6.54 Å². The number of benzene rings is 2. The Morgan fingerprint density at radius 2 is 1.55 bits per heavy atom. The Labute approximate surface area is 130 Å². The molecule has 2 aromatic rings. The molecular weight excluding hydrogens is 296 g/mol. The Morgan fingerprint density at radius 1 is 0.955 bits per heavy atom.